The van der Waals surface area contributed by atoms with Gasteiger partial charge in [0.2, 0.25) is 0 Å². The highest BCUT2D eigenvalue weighted by Crippen LogP contribution is 2.51. The van der Waals surface area contributed by atoms with Crippen LogP contribution in [-0.4, -0.2) is 24.9 Å². The summed E-state index contributed by atoms with van der Waals surface area (Å²) in [6, 6.07) is 18.2. The average molecular weight is 409 g/mol. The molecule has 4 aromatic carbocycles. The highest BCUT2D eigenvalue weighted by Gasteiger charge is 2.33. The Morgan fingerprint density at radius 2 is 1.45 bits per heavy atom. The van der Waals surface area contributed by atoms with Gasteiger partial charge in [0.1, 0.15) is 5.78 Å². The monoisotopic (exact) mass is 409 g/mol. The van der Waals surface area contributed by atoms with Crippen LogP contribution in [0.25, 0.3) is 32.3 Å². The zero-order chi connectivity index (χ0) is 20.6. The molecule has 0 heterocycles. The summed E-state index contributed by atoms with van der Waals surface area (Å²) in [5.41, 5.74) is 0.544. The largest absolute Gasteiger partial charge is 0.352 e. The first-order valence-corrected chi connectivity index (χ1v) is 11.5. The molecule has 0 aliphatic rings. The van der Waals surface area contributed by atoms with Gasteiger partial charge in [-0.05, 0) is 59.2 Å². The molecule has 150 valence electrons. The van der Waals surface area contributed by atoms with E-state index in [1.165, 1.54) is 0 Å². The van der Waals surface area contributed by atoms with Gasteiger partial charge in [-0.3, -0.25) is 9.36 Å². The van der Waals surface area contributed by atoms with E-state index in [1.807, 2.05) is 30.3 Å². The van der Waals surface area contributed by atoms with Crippen molar-refractivity contribution in [1.82, 2.24) is 5.32 Å². The fraction of sp³-hybridized carbons (Fsp3) is 0.261. The number of hydrogen-bond donors (Lipinski definition) is 1. The van der Waals surface area contributed by atoms with Crippen molar-refractivity contribution in [3.8, 4) is 0 Å². The fourth-order valence-electron chi connectivity index (χ4n) is 3.90. The van der Waals surface area contributed by atoms with Crippen LogP contribution in [0.2, 0.25) is 0 Å². The van der Waals surface area contributed by atoms with Crippen LogP contribution in [0, 0.1) is 0 Å². The van der Waals surface area contributed by atoms with Crippen molar-refractivity contribution >= 4 is 45.8 Å². The molecule has 0 fully saturated rings. The van der Waals surface area contributed by atoms with Gasteiger partial charge in [-0.1, -0.05) is 48.5 Å². The maximum Gasteiger partial charge on any atom is 0.352 e. The second kappa shape index (κ2) is 7.75. The third kappa shape index (κ3) is 3.40. The standard InChI is InChI=1S/C23H24NO4P/c1-4-27-29(26,28-5-2)15(3)24-23(25)20-14-12-18-10-9-16-7-6-8-17-11-13-19(20)22(18)21(16)17/h6-15H,4-5H2,1-3H3,(H,24,25). The smallest absolute Gasteiger partial charge is 0.338 e. The summed E-state index contributed by atoms with van der Waals surface area (Å²) in [7, 11) is -3.43. The van der Waals surface area contributed by atoms with Gasteiger partial charge >= 0.3 is 7.60 Å². The summed E-state index contributed by atoms with van der Waals surface area (Å²) in [6.07, 6.45) is 0. The summed E-state index contributed by atoms with van der Waals surface area (Å²) in [4.78, 5) is 13.1. The van der Waals surface area contributed by atoms with Crippen molar-refractivity contribution < 1.29 is 18.4 Å². The van der Waals surface area contributed by atoms with Gasteiger partial charge in [0.25, 0.3) is 5.91 Å². The average Bonchev–Trinajstić information content (AvgIpc) is 2.72. The Bertz CT molecular complexity index is 1210. The lowest BCUT2D eigenvalue weighted by Gasteiger charge is -2.24. The molecule has 0 bridgehead atoms. The Labute approximate surface area is 169 Å². The molecule has 0 aromatic heterocycles. The Morgan fingerprint density at radius 3 is 2.07 bits per heavy atom. The van der Waals surface area contributed by atoms with E-state index in [0.717, 1.165) is 32.3 Å². The Kier molecular flexibility index (Phi) is 5.30. The number of benzene rings is 4. The van der Waals surface area contributed by atoms with Crippen LogP contribution in [-0.2, 0) is 13.6 Å². The zero-order valence-electron chi connectivity index (χ0n) is 16.8. The lowest BCUT2D eigenvalue weighted by atomic mass is 9.92. The van der Waals surface area contributed by atoms with Crippen LogP contribution in [0.1, 0.15) is 31.1 Å². The second-order valence-electron chi connectivity index (χ2n) is 6.99. The molecule has 0 radical (unpaired) electrons. The summed E-state index contributed by atoms with van der Waals surface area (Å²) in [6.45, 7) is 5.65. The molecule has 0 saturated heterocycles. The maximum atomic E-state index is 13.1. The van der Waals surface area contributed by atoms with Crippen LogP contribution >= 0.6 is 7.60 Å². The molecule has 5 nitrogen and oxygen atoms in total. The fourth-order valence-corrected chi connectivity index (χ4v) is 5.42. The normalized spacial score (nSPS) is 13.3. The Morgan fingerprint density at radius 1 is 0.897 bits per heavy atom. The minimum Gasteiger partial charge on any atom is -0.338 e. The summed E-state index contributed by atoms with van der Waals surface area (Å²) >= 11 is 0. The molecule has 29 heavy (non-hydrogen) atoms. The van der Waals surface area contributed by atoms with E-state index in [9.17, 15) is 9.36 Å². The number of hydrogen-bond acceptors (Lipinski definition) is 4. The van der Waals surface area contributed by atoms with Crippen LogP contribution in [0.3, 0.4) is 0 Å². The molecule has 4 aromatic rings. The molecular formula is C23H24NO4P. The topological polar surface area (TPSA) is 64.6 Å². The minimum absolute atomic E-state index is 0.246. The molecule has 0 spiro atoms. The van der Waals surface area contributed by atoms with Crippen molar-refractivity contribution in [3.63, 3.8) is 0 Å². The van der Waals surface area contributed by atoms with Gasteiger partial charge in [0.15, 0.2) is 0 Å². The molecule has 0 saturated carbocycles. The second-order valence-corrected chi connectivity index (χ2v) is 9.36. The van der Waals surface area contributed by atoms with E-state index in [0.29, 0.717) is 5.56 Å². The highest BCUT2D eigenvalue weighted by atomic mass is 31.2. The summed E-state index contributed by atoms with van der Waals surface area (Å²) < 4.78 is 23.7. The molecule has 0 aliphatic heterocycles. The summed E-state index contributed by atoms with van der Waals surface area (Å²) in [5.74, 6) is -1.05. The van der Waals surface area contributed by atoms with Gasteiger partial charge < -0.3 is 14.4 Å². The van der Waals surface area contributed by atoms with Crippen molar-refractivity contribution in [2.24, 2.45) is 0 Å². The predicted molar refractivity (Wildman–Crippen MR) is 118 cm³/mol. The molecule has 1 unspecified atom stereocenters. The third-order valence-corrected chi connectivity index (χ3v) is 7.52. The Balaban J connectivity index is 1.77. The van der Waals surface area contributed by atoms with Gasteiger partial charge in [-0.2, -0.15) is 0 Å². The predicted octanol–water partition coefficient (Wildman–Crippen LogP) is 5.93. The first-order chi connectivity index (χ1) is 14.0. The van der Waals surface area contributed by atoms with E-state index in [2.05, 4.69) is 29.6 Å². The molecule has 1 amide bonds. The molecular weight excluding hydrogens is 385 g/mol. The lowest BCUT2D eigenvalue weighted by molar-refractivity contribution is 0.0942. The van der Waals surface area contributed by atoms with Crippen LogP contribution in [0.15, 0.2) is 54.6 Å². The number of carbonyl (C=O) groups excluding carboxylic acids is 1. The van der Waals surface area contributed by atoms with Gasteiger partial charge in [0.05, 0.1) is 13.2 Å². The first-order valence-electron chi connectivity index (χ1n) is 9.84. The number of rotatable bonds is 7. The molecule has 1 N–H and O–H groups in total. The molecule has 1 atom stereocenters. The Hall–Kier alpha value is -2.46. The molecule has 0 aliphatic carbocycles. The first kappa shape index (κ1) is 19.8. The lowest BCUT2D eigenvalue weighted by Crippen LogP contribution is -2.33. The van der Waals surface area contributed by atoms with Gasteiger partial charge in [-0.25, -0.2) is 0 Å². The number of nitrogens with one attached hydrogen (secondary N) is 1. The minimum atomic E-state index is -3.43. The van der Waals surface area contributed by atoms with Crippen molar-refractivity contribution in [3.05, 3.63) is 60.2 Å². The molecule has 6 heteroatoms. The van der Waals surface area contributed by atoms with E-state index in [-0.39, 0.29) is 19.1 Å². The van der Waals surface area contributed by atoms with E-state index < -0.39 is 13.4 Å². The highest BCUT2D eigenvalue weighted by molar-refractivity contribution is 7.54. The van der Waals surface area contributed by atoms with Crippen LogP contribution in [0.4, 0.5) is 0 Å². The quantitative estimate of drug-likeness (QED) is 0.304. The molecule has 4 rings (SSSR count). The van der Waals surface area contributed by atoms with Crippen molar-refractivity contribution in [2.45, 2.75) is 26.6 Å². The maximum absolute atomic E-state index is 13.1. The SMILES string of the molecule is CCOP(=O)(OCC)C(C)NC(=O)c1ccc2ccc3cccc4ccc1c2c34. The van der Waals surface area contributed by atoms with Gasteiger partial charge in [-0.15, -0.1) is 0 Å². The van der Waals surface area contributed by atoms with Crippen molar-refractivity contribution in [1.29, 1.82) is 0 Å². The van der Waals surface area contributed by atoms with Crippen LogP contribution in [0.5, 0.6) is 0 Å². The number of amides is 1. The van der Waals surface area contributed by atoms with Crippen LogP contribution < -0.4 is 5.32 Å². The zero-order valence-corrected chi connectivity index (χ0v) is 17.7. The van der Waals surface area contributed by atoms with Gasteiger partial charge in [0, 0.05) is 5.56 Å². The third-order valence-electron chi connectivity index (χ3n) is 5.21. The van der Waals surface area contributed by atoms with E-state index in [4.69, 9.17) is 9.05 Å². The van der Waals surface area contributed by atoms with E-state index >= 15 is 0 Å². The summed E-state index contributed by atoms with van der Waals surface area (Å²) in [5, 5.41) is 9.29. The van der Waals surface area contributed by atoms with Crippen molar-refractivity contribution in [2.75, 3.05) is 13.2 Å². The number of carbonyl (C=O) groups is 1. The van der Waals surface area contributed by atoms with E-state index in [1.54, 1.807) is 20.8 Å².